The molecule has 0 aromatic heterocycles. The van der Waals surface area contributed by atoms with Crippen molar-refractivity contribution in [3.8, 4) is 0 Å². The quantitative estimate of drug-likeness (QED) is 0.586. The van der Waals surface area contributed by atoms with Crippen LogP contribution in [-0.4, -0.2) is 10.3 Å². The minimum atomic E-state index is -0.147. The van der Waals surface area contributed by atoms with E-state index in [0.717, 1.165) is 0 Å². The van der Waals surface area contributed by atoms with E-state index in [1.807, 2.05) is 0 Å². The van der Waals surface area contributed by atoms with E-state index in [1.165, 1.54) is 5.56 Å². The van der Waals surface area contributed by atoms with Crippen molar-refractivity contribution in [1.82, 2.24) is 0 Å². The lowest BCUT2D eigenvalue weighted by Crippen LogP contribution is -2.23. The zero-order valence-electron chi connectivity index (χ0n) is 12.0. The largest absolute Gasteiger partial charge is 0.0721 e. The predicted molar refractivity (Wildman–Crippen MR) is 81.9 cm³/mol. The predicted octanol–water partition coefficient (Wildman–Crippen LogP) is 5.74. The summed E-state index contributed by atoms with van der Waals surface area (Å²) in [4.78, 5) is 0. The second-order valence-corrected chi connectivity index (χ2v) is 10.2. The van der Waals surface area contributed by atoms with Gasteiger partial charge in [-0.15, -0.1) is 0 Å². The summed E-state index contributed by atoms with van der Waals surface area (Å²) in [5.74, 6) is 2.44. The van der Waals surface area contributed by atoms with Crippen LogP contribution in [0.5, 0.6) is 0 Å². The van der Waals surface area contributed by atoms with Crippen LogP contribution in [0, 0.1) is 0 Å². The average molecular weight is 248 g/mol. The molecule has 0 heterocycles. The molecular weight excluding hydrogens is 223 g/mol. The standard InChI is InChI=1S/C16H25P/c1-15(2,3)17(16(4,5)6)13-12-14-10-8-7-9-11-14/h7-13H,1-6H3/b13-12+. The molecule has 0 unspecified atom stereocenters. The Hall–Kier alpha value is -0.610. The van der Waals surface area contributed by atoms with Gasteiger partial charge < -0.3 is 0 Å². The van der Waals surface area contributed by atoms with Crippen LogP contribution in [0.4, 0.5) is 0 Å². The van der Waals surface area contributed by atoms with Gasteiger partial charge in [0.1, 0.15) is 0 Å². The van der Waals surface area contributed by atoms with Crippen LogP contribution >= 0.6 is 7.92 Å². The van der Waals surface area contributed by atoms with Gasteiger partial charge in [0.2, 0.25) is 0 Å². The third-order valence-corrected chi connectivity index (χ3v) is 6.00. The molecular formula is C16H25P. The Morgan fingerprint density at radius 3 is 1.71 bits per heavy atom. The molecule has 0 saturated carbocycles. The Bertz CT molecular complexity index is 349. The second kappa shape index (κ2) is 5.36. The van der Waals surface area contributed by atoms with E-state index in [1.54, 1.807) is 0 Å². The Morgan fingerprint density at radius 2 is 1.29 bits per heavy atom. The molecule has 0 fully saturated rings. The third-order valence-electron chi connectivity index (χ3n) is 2.66. The molecule has 1 heteroatoms. The van der Waals surface area contributed by atoms with E-state index in [9.17, 15) is 0 Å². The monoisotopic (exact) mass is 248 g/mol. The summed E-state index contributed by atoms with van der Waals surface area (Å²) in [5, 5.41) is 0.720. The number of rotatable bonds is 2. The van der Waals surface area contributed by atoms with Gasteiger partial charge in [-0.3, -0.25) is 0 Å². The minimum absolute atomic E-state index is 0.147. The van der Waals surface area contributed by atoms with Crippen molar-refractivity contribution in [1.29, 1.82) is 0 Å². The fraction of sp³-hybridized carbons (Fsp3) is 0.500. The Morgan fingerprint density at radius 1 is 0.824 bits per heavy atom. The molecule has 1 aromatic carbocycles. The van der Waals surface area contributed by atoms with Crippen LogP contribution in [0.25, 0.3) is 6.08 Å². The van der Waals surface area contributed by atoms with Crippen LogP contribution in [-0.2, 0) is 0 Å². The van der Waals surface area contributed by atoms with E-state index in [0.29, 0.717) is 10.3 Å². The SMILES string of the molecule is CC(C)(C)P(/C=C/c1ccccc1)C(C)(C)C. The summed E-state index contributed by atoms with van der Waals surface area (Å²) in [7, 11) is -0.147. The fourth-order valence-electron chi connectivity index (χ4n) is 2.18. The van der Waals surface area contributed by atoms with Crippen molar-refractivity contribution in [3.05, 3.63) is 41.7 Å². The molecule has 0 nitrogen and oxygen atoms in total. The first kappa shape index (κ1) is 14.5. The maximum atomic E-state index is 2.44. The summed E-state index contributed by atoms with van der Waals surface area (Å²) in [5.41, 5.74) is 1.30. The van der Waals surface area contributed by atoms with Crippen LogP contribution in [0.3, 0.4) is 0 Å². The number of hydrogen-bond acceptors (Lipinski definition) is 0. The van der Waals surface area contributed by atoms with Gasteiger partial charge in [0.15, 0.2) is 0 Å². The van der Waals surface area contributed by atoms with Crippen molar-refractivity contribution in [2.75, 3.05) is 0 Å². The topological polar surface area (TPSA) is 0 Å². The first-order valence-corrected chi connectivity index (χ1v) is 7.65. The summed E-state index contributed by atoms with van der Waals surface area (Å²) >= 11 is 0. The van der Waals surface area contributed by atoms with E-state index in [4.69, 9.17) is 0 Å². The van der Waals surface area contributed by atoms with E-state index < -0.39 is 0 Å². The van der Waals surface area contributed by atoms with Gasteiger partial charge in [-0.1, -0.05) is 91.7 Å². The van der Waals surface area contributed by atoms with Gasteiger partial charge >= 0.3 is 0 Å². The molecule has 17 heavy (non-hydrogen) atoms. The third kappa shape index (κ3) is 4.64. The smallest absolute Gasteiger partial charge is 0.0140 e. The van der Waals surface area contributed by atoms with E-state index in [2.05, 4.69) is 83.8 Å². The summed E-state index contributed by atoms with van der Waals surface area (Å²) in [6.45, 7) is 14.1. The lowest BCUT2D eigenvalue weighted by molar-refractivity contribution is 0.714. The Kier molecular flexibility index (Phi) is 4.55. The van der Waals surface area contributed by atoms with E-state index >= 15 is 0 Å². The molecule has 1 aromatic rings. The van der Waals surface area contributed by atoms with Gasteiger partial charge in [-0.05, 0) is 15.9 Å². The molecule has 0 amide bonds. The molecule has 0 N–H and O–H groups in total. The zero-order chi connectivity index (χ0) is 13.1. The fourth-order valence-corrected chi connectivity index (χ4v) is 5.41. The molecule has 0 saturated heterocycles. The zero-order valence-corrected chi connectivity index (χ0v) is 12.9. The molecule has 0 atom stereocenters. The van der Waals surface area contributed by atoms with Crippen molar-refractivity contribution in [2.45, 2.75) is 51.9 Å². The molecule has 0 spiro atoms. The lowest BCUT2D eigenvalue weighted by atomic mass is 10.2. The number of benzene rings is 1. The average Bonchev–Trinajstić information content (AvgIpc) is 2.15. The first-order valence-electron chi connectivity index (χ1n) is 6.24. The molecule has 94 valence electrons. The molecule has 1 rings (SSSR count). The maximum Gasteiger partial charge on any atom is -0.0140 e. The van der Waals surface area contributed by atoms with Gasteiger partial charge in [0, 0.05) is 0 Å². The Labute approximate surface area is 108 Å². The normalized spacial score (nSPS) is 13.6. The summed E-state index contributed by atoms with van der Waals surface area (Å²) < 4.78 is 0. The summed E-state index contributed by atoms with van der Waals surface area (Å²) in [6.07, 6.45) is 2.28. The number of hydrogen-bond donors (Lipinski definition) is 0. The highest BCUT2D eigenvalue weighted by molar-refractivity contribution is 7.64. The highest BCUT2D eigenvalue weighted by Gasteiger charge is 2.31. The van der Waals surface area contributed by atoms with Crippen LogP contribution in [0.15, 0.2) is 36.1 Å². The molecule has 0 radical (unpaired) electrons. The highest BCUT2D eigenvalue weighted by atomic mass is 31.1. The van der Waals surface area contributed by atoms with Gasteiger partial charge in [-0.2, -0.15) is 0 Å². The van der Waals surface area contributed by atoms with Crippen molar-refractivity contribution in [2.24, 2.45) is 0 Å². The molecule has 0 bridgehead atoms. The van der Waals surface area contributed by atoms with Crippen LogP contribution < -0.4 is 0 Å². The highest BCUT2D eigenvalue weighted by Crippen LogP contribution is 2.60. The maximum absolute atomic E-state index is 2.44. The Balaban J connectivity index is 2.92. The lowest BCUT2D eigenvalue weighted by Gasteiger charge is -2.39. The van der Waals surface area contributed by atoms with Crippen LogP contribution in [0.2, 0.25) is 0 Å². The van der Waals surface area contributed by atoms with Crippen LogP contribution in [0.1, 0.15) is 47.1 Å². The first-order chi connectivity index (χ1) is 7.71. The van der Waals surface area contributed by atoms with Gasteiger partial charge in [0.25, 0.3) is 0 Å². The van der Waals surface area contributed by atoms with Crippen molar-refractivity contribution >= 4 is 14.0 Å². The van der Waals surface area contributed by atoms with Crippen molar-refractivity contribution < 1.29 is 0 Å². The molecule has 0 aliphatic carbocycles. The minimum Gasteiger partial charge on any atom is -0.0721 e. The molecule has 0 aliphatic heterocycles. The van der Waals surface area contributed by atoms with Gasteiger partial charge in [0.05, 0.1) is 0 Å². The molecule has 0 aliphatic rings. The second-order valence-electron chi connectivity index (χ2n) is 6.44. The van der Waals surface area contributed by atoms with E-state index in [-0.39, 0.29) is 7.92 Å². The van der Waals surface area contributed by atoms with Crippen molar-refractivity contribution in [3.63, 3.8) is 0 Å². The van der Waals surface area contributed by atoms with Gasteiger partial charge in [-0.25, -0.2) is 0 Å². The summed E-state index contributed by atoms with van der Waals surface area (Å²) in [6, 6.07) is 10.6.